The van der Waals surface area contributed by atoms with Gasteiger partial charge < -0.3 is 19.8 Å². The van der Waals surface area contributed by atoms with E-state index < -0.39 is 33.0 Å². The van der Waals surface area contributed by atoms with Crippen LogP contribution >= 0.6 is 0 Å². The van der Waals surface area contributed by atoms with Gasteiger partial charge in [0.25, 0.3) is 23.2 Å². The van der Waals surface area contributed by atoms with Crippen LogP contribution in [0.25, 0.3) is 0 Å². The van der Waals surface area contributed by atoms with Gasteiger partial charge in [0.15, 0.2) is 5.76 Å². The molecule has 3 rings (SSSR count). The molecule has 2 N–H and O–H groups in total. The smallest absolute Gasteiger partial charge is 0.291 e. The van der Waals surface area contributed by atoms with Crippen LogP contribution in [-0.4, -0.2) is 28.8 Å². The number of benzene rings is 2. The molecule has 0 saturated heterocycles. The number of amides is 2. The normalized spacial score (nSPS) is 10.2. The highest BCUT2D eigenvalue weighted by atomic mass is 16.6. The van der Waals surface area contributed by atoms with Gasteiger partial charge in [-0.05, 0) is 30.3 Å². The van der Waals surface area contributed by atoms with Gasteiger partial charge in [0.1, 0.15) is 5.75 Å². The van der Waals surface area contributed by atoms with E-state index in [-0.39, 0.29) is 22.7 Å². The lowest BCUT2D eigenvalue weighted by Crippen LogP contribution is -2.14. The van der Waals surface area contributed by atoms with E-state index in [1.165, 1.54) is 37.6 Å². The fourth-order valence-electron chi connectivity index (χ4n) is 2.62. The number of nitro benzene ring substituents is 2. The summed E-state index contributed by atoms with van der Waals surface area (Å²) in [6.45, 7) is 0. The number of carbonyl (C=O) groups is 2. The summed E-state index contributed by atoms with van der Waals surface area (Å²) in [6, 6.07) is 9.94. The maximum atomic E-state index is 12.5. The predicted molar refractivity (Wildman–Crippen MR) is 107 cm³/mol. The summed E-state index contributed by atoms with van der Waals surface area (Å²) < 4.78 is 10.2. The summed E-state index contributed by atoms with van der Waals surface area (Å²) in [5.41, 5.74) is -1.06. The van der Waals surface area contributed by atoms with Crippen molar-refractivity contribution in [3.8, 4) is 5.75 Å². The van der Waals surface area contributed by atoms with E-state index in [1.54, 1.807) is 6.07 Å². The summed E-state index contributed by atoms with van der Waals surface area (Å²) in [4.78, 5) is 45.1. The van der Waals surface area contributed by atoms with Gasteiger partial charge in [-0.1, -0.05) is 0 Å². The number of nitro groups is 2. The number of hydrogen-bond donors (Lipinski definition) is 2. The molecule has 0 aliphatic rings. The van der Waals surface area contributed by atoms with Gasteiger partial charge in [-0.15, -0.1) is 0 Å². The molecule has 31 heavy (non-hydrogen) atoms. The van der Waals surface area contributed by atoms with Crippen LogP contribution in [0.1, 0.15) is 20.9 Å². The largest absolute Gasteiger partial charge is 0.495 e. The molecule has 12 nitrogen and oxygen atoms in total. The fraction of sp³-hybridized carbons (Fsp3) is 0.0526. The molecule has 1 aromatic heterocycles. The Bertz CT molecular complexity index is 1140. The van der Waals surface area contributed by atoms with E-state index in [0.717, 1.165) is 18.2 Å². The van der Waals surface area contributed by atoms with Crippen molar-refractivity contribution < 1.29 is 28.6 Å². The monoisotopic (exact) mass is 426 g/mol. The van der Waals surface area contributed by atoms with Crippen molar-refractivity contribution in [2.24, 2.45) is 0 Å². The van der Waals surface area contributed by atoms with Crippen LogP contribution in [0.2, 0.25) is 0 Å². The molecule has 0 aliphatic heterocycles. The summed E-state index contributed by atoms with van der Waals surface area (Å²) in [6.07, 6.45) is 1.33. The van der Waals surface area contributed by atoms with E-state index in [4.69, 9.17) is 9.15 Å². The second kappa shape index (κ2) is 8.73. The zero-order valence-electron chi connectivity index (χ0n) is 15.9. The molecule has 0 atom stereocenters. The molecule has 0 saturated carbocycles. The van der Waals surface area contributed by atoms with E-state index in [9.17, 15) is 29.8 Å². The van der Waals surface area contributed by atoms with E-state index in [1.807, 2.05) is 0 Å². The quantitative estimate of drug-likeness (QED) is 0.427. The van der Waals surface area contributed by atoms with Crippen LogP contribution in [-0.2, 0) is 0 Å². The summed E-state index contributed by atoms with van der Waals surface area (Å²) in [5.74, 6) is -1.02. The second-order valence-corrected chi connectivity index (χ2v) is 6.05. The minimum Gasteiger partial charge on any atom is -0.495 e. The number of nitrogens with zero attached hydrogens (tertiary/aromatic N) is 2. The number of anilines is 2. The number of nitrogens with one attached hydrogen (secondary N) is 2. The van der Waals surface area contributed by atoms with Gasteiger partial charge in [0.05, 0.1) is 40.5 Å². The van der Waals surface area contributed by atoms with Gasteiger partial charge in [-0.3, -0.25) is 29.8 Å². The minimum atomic E-state index is -0.834. The second-order valence-electron chi connectivity index (χ2n) is 6.05. The topological polar surface area (TPSA) is 167 Å². The average molecular weight is 426 g/mol. The van der Waals surface area contributed by atoms with Crippen molar-refractivity contribution in [1.29, 1.82) is 0 Å². The Morgan fingerprint density at radius 1 is 0.935 bits per heavy atom. The van der Waals surface area contributed by atoms with Crippen molar-refractivity contribution in [1.82, 2.24) is 0 Å². The number of ether oxygens (including phenoxy) is 1. The van der Waals surface area contributed by atoms with Gasteiger partial charge >= 0.3 is 0 Å². The molecule has 0 bridgehead atoms. The van der Waals surface area contributed by atoms with Gasteiger partial charge in [0.2, 0.25) is 0 Å². The first kappa shape index (κ1) is 21.0. The standard InChI is InChI=1S/C19H14N4O8/c1-30-16-5-4-12(9-15(16)21-19(25)17-3-2-6-31-17)20-18(24)11-7-13(22(26)27)10-14(8-11)23(28)29/h2-10H,1H3,(H,20,24)(H,21,25). The Morgan fingerprint density at radius 2 is 1.61 bits per heavy atom. The lowest BCUT2D eigenvalue weighted by molar-refractivity contribution is -0.394. The van der Waals surface area contributed by atoms with Crippen LogP contribution in [0, 0.1) is 20.2 Å². The molecule has 1 heterocycles. The summed E-state index contributed by atoms with van der Waals surface area (Å²) in [5, 5.41) is 27.1. The van der Waals surface area contributed by atoms with Crippen LogP contribution in [0.4, 0.5) is 22.7 Å². The molecule has 0 unspecified atom stereocenters. The van der Waals surface area contributed by atoms with Crippen molar-refractivity contribution >= 4 is 34.6 Å². The molecule has 3 aromatic rings. The van der Waals surface area contributed by atoms with E-state index in [2.05, 4.69) is 10.6 Å². The van der Waals surface area contributed by atoms with Crippen LogP contribution in [0.3, 0.4) is 0 Å². The molecule has 0 fully saturated rings. The van der Waals surface area contributed by atoms with Crippen LogP contribution in [0.5, 0.6) is 5.75 Å². The molecule has 12 heteroatoms. The maximum Gasteiger partial charge on any atom is 0.291 e. The SMILES string of the molecule is COc1ccc(NC(=O)c2cc([N+](=O)[O-])cc([N+](=O)[O-])c2)cc1NC(=O)c1ccco1. The number of rotatable bonds is 7. The lowest BCUT2D eigenvalue weighted by Gasteiger charge is -2.12. The first-order valence-electron chi connectivity index (χ1n) is 8.56. The van der Waals surface area contributed by atoms with Crippen LogP contribution in [0.15, 0.2) is 59.2 Å². The molecule has 158 valence electrons. The highest BCUT2D eigenvalue weighted by molar-refractivity contribution is 6.06. The zero-order valence-corrected chi connectivity index (χ0v) is 15.9. The van der Waals surface area contributed by atoms with Crippen LogP contribution < -0.4 is 15.4 Å². The molecule has 0 aliphatic carbocycles. The number of furan rings is 1. The molecular weight excluding hydrogens is 412 g/mol. The van der Waals surface area contributed by atoms with Crippen molar-refractivity contribution in [2.75, 3.05) is 17.7 Å². The molecule has 0 spiro atoms. The molecule has 2 aromatic carbocycles. The van der Waals surface area contributed by atoms with E-state index in [0.29, 0.717) is 5.75 Å². The van der Waals surface area contributed by atoms with Crippen molar-refractivity contribution in [3.05, 3.63) is 86.3 Å². The fourth-order valence-corrected chi connectivity index (χ4v) is 2.62. The third kappa shape index (κ3) is 4.82. The number of methoxy groups -OCH3 is 1. The average Bonchev–Trinajstić information content (AvgIpc) is 3.28. The maximum absolute atomic E-state index is 12.5. The lowest BCUT2D eigenvalue weighted by atomic mass is 10.1. The Balaban J connectivity index is 1.87. The zero-order chi connectivity index (χ0) is 22.5. The molecule has 0 radical (unpaired) electrons. The predicted octanol–water partition coefficient (Wildman–Crippen LogP) is 3.61. The third-order valence-electron chi connectivity index (χ3n) is 4.04. The number of carbonyl (C=O) groups excluding carboxylic acids is 2. The summed E-state index contributed by atoms with van der Waals surface area (Å²) in [7, 11) is 1.39. The van der Waals surface area contributed by atoms with Crippen molar-refractivity contribution in [2.45, 2.75) is 0 Å². The Morgan fingerprint density at radius 3 is 2.16 bits per heavy atom. The summed E-state index contributed by atoms with van der Waals surface area (Å²) >= 11 is 0. The van der Waals surface area contributed by atoms with Gasteiger partial charge in [-0.2, -0.15) is 0 Å². The Kier molecular flexibility index (Phi) is 5.91. The van der Waals surface area contributed by atoms with Gasteiger partial charge in [0, 0.05) is 17.8 Å². The minimum absolute atomic E-state index is 0.0559. The van der Waals surface area contributed by atoms with E-state index >= 15 is 0 Å². The third-order valence-corrected chi connectivity index (χ3v) is 4.04. The number of non-ortho nitro benzene ring substituents is 2. The molecular formula is C19H14N4O8. The van der Waals surface area contributed by atoms with Gasteiger partial charge in [-0.25, -0.2) is 0 Å². The van der Waals surface area contributed by atoms with Crippen molar-refractivity contribution in [3.63, 3.8) is 0 Å². The Hall–Kier alpha value is -4.74. The molecule has 2 amide bonds. The highest BCUT2D eigenvalue weighted by Crippen LogP contribution is 2.29. The first-order chi connectivity index (χ1) is 14.8. The first-order valence-corrected chi connectivity index (χ1v) is 8.56. The number of hydrogen-bond acceptors (Lipinski definition) is 8. The highest BCUT2D eigenvalue weighted by Gasteiger charge is 2.20. The Labute approximate surface area is 173 Å².